The monoisotopic (exact) mass is 612 g/mol. The standard InChI is InChI=1S/C40H44O2Si2/c1-4-7-29-43(37-21-13-9-14-22-37,38-23-15-10-16-24-38)41-35-31-34(6-3)32-36(33-35)42-44(30-8-5-2,39-25-17-11-18-26-39)40-27-19-12-20-28-40/h6,9-28,31-33H,3-5,7-8,29-30H2,1-2H3. The van der Waals surface area contributed by atoms with Gasteiger partial charge in [-0.1, -0.05) is 174 Å². The van der Waals surface area contributed by atoms with Crippen molar-refractivity contribution >= 4 is 43.5 Å². The molecular formula is C40H44O2Si2. The van der Waals surface area contributed by atoms with E-state index in [2.05, 4.69) is 160 Å². The lowest BCUT2D eigenvalue weighted by Crippen LogP contribution is -2.63. The molecule has 0 N–H and O–H groups in total. The molecule has 0 aliphatic rings. The average molecular weight is 613 g/mol. The fraction of sp³-hybridized carbons (Fsp3) is 0.200. The second-order valence-corrected chi connectivity index (χ2v) is 18.5. The molecule has 0 radical (unpaired) electrons. The van der Waals surface area contributed by atoms with Gasteiger partial charge in [-0.25, -0.2) is 0 Å². The molecule has 0 aromatic heterocycles. The smallest absolute Gasteiger partial charge is 0.314 e. The zero-order valence-corrected chi connectivity index (χ0v) is 28.1. The Labute approximate surface area is 266 Å². The van der Waals surface area contributed by atoms with Crippen molar-refractivity contribution in [3.8, 4) is 11.5 Å². The molecule has 0 bridgehead atoms. The summed E-state index contributed by atoms with van der Waals surface area (Å²) >= 11 is 0. The maximum absolute atomic E-state index is 7.39. The zero-order chi connectivity index (χ0) is 30.7. The first kappa shape index (κ1) is 31.3. The summed E-state index contributed by atoms with van der Waals surface area (Å²) in [5, 5.41) is 5.13. The van der Waals surface area contributed by atoms with Crippen LogP contribution in [0.5, 0.6) is 11.5 Å². The second-order valence-electron chi connectivity index (χ2n) is 11.5. The van der Waals surface area contributed by atoms with Crippen LogP contribution in [0.3, 0.4) is 0 Å². The predicted octanol–water partition coefficient (Wildman–Crippen LogP) is 8.21. The van der Waals surface area contributed by atoms with Crippen molar-refractivity contribution in [1.29, 1.82) is 0 Å². The van der Waals surface area contributed by atoms with E-state index >= 15 is 0 Å². The minimum atomic E-state index is -2.65. The van der Waals surface area contributed by atoms with Gasteiger partial charge in [0.05, 0.1) is 0 Å². The summed E-state index contributed by atoms with van der Waals surface area (Å²) in [5.74, 6) is 1.68. The summed E-state index contributed by atoms with van der Waals surface area (Å²) in [7, 11) is -5.31. The van der Waals surface area contributed by atoms with Crippen molar-refractivity contribution in [3.05, 3.63) is 152 Å². The Bertz CT molecular complexity index is 1390. The molecule has 0 heterocycles. The molecule has 0 atom stereocenters. The molecule has 44 heavy (non-hydrogen) atoms. The van der Waals surface area contributed by atoms with Gasteiger partial charge in [0.25, 0.3) is 0 Å². The third-order valence-electron chi connectivity index (χ3n) is 8.45. The van der Waals surface area contributed by atoms with Crippen molar-refractivity contribution in [2.24, 2.45) is 0 Å². The van der Waals surface area contributed by atoms with Gasteiger partial charge in [-0.05, 0) is 50.5 Å². The summed E-state index contributed by atoms with van der Waals surface area (Å²) in [4.78, 5) is 0. The van der Waals surface area contributed by atoms with Crippen molar-refractivity contribution in [3.63, 3.8) is 0 Å². The van der Waals surface area contributed by atoms with Gasteiger partial charge >= 0.3 is 16.6 Å². The molecule has 5 aromatic carbocycles. The van der Waals surface area contributed by atoms with Crippen LogP contribution < -0.4 is 29.6 Å². The van der Waals surface area contributed by atoms with Gasteiger partial charge in [0.15, 0.2) is 0 Å². The highest BCUT2D eigenvalue weighted by atomic mass is 28.4. The summed E-state index contributed by atoms with van der Waals surface area (Å²) in [5.41, 5.74) is 0.997. The lowest BCUT2D eigenvalue weighted by atomic mass is 10.2. The molecule has 224 valence electrons. The molecule has 5 rings (SSSR count). The molecular weight excluding hydrogens is 569 g/mol. The summed E-state index contributed by atoms with van der Waals surface area (Å²) in [6.07, 6.45) is 6.31. The summed E-state index contributed by atoms with van der Waals surface area (Å²) in [6, 6.07) is 51.8. The van der Waals surface area contributed by atoms with Crippen molar-refractivity contribution < 1.29 is 8.85 Å². The lowest BCUT2D eigenvalue weighted by Gasteiger charge is -2.35. The van der Waals surface area contributed by atoms with Gasteiger partial charge in [0.1, 0.15) is 11.5 Å². The Balaban J connectivity index is 1.65. The Hall–Kier alpha value is -4.13. The van der Waals surface area contributed by atoms with Gasteiger partial charge in [0.2, 0.25) is 0 Å². The van der Waals surface area contributed by atoms with E-state index in [9.17, 15) is 0 Å². The van der Waals surface area contributed by atoms with Gasteiger partial charge in [-0.3, -0.25) is 0 Å². The van der Waals surface area contributed by atoms with E-state index in [1.807, 2.05) is 6.08 Å². The van der Waals surface area contributed by atoms with Gasteiger partial charge in [-0.15, -0.1) is 0 Å². The maximum Gasteiger partial charge on any atom is 0.314 e. The zero-order valence-electron chi connectivity index (χ0n) is 26.1. The highest BCUT2D eigenvalue weighted by Gasteiger charge is 2.43. The van der Waals surface area contributed by atoms with Crippen LogP contribution in [-0.4, -0.2) is 16.6 Å². The predicted molar refractivity (Wildman–Crippen MR) is 193 cm³/mol. The quantitative estimate of drug-likeness (QED) is 0.111. The first-order chi connectivity index (χ1) is 21.6. The first-order valence-corrected chi connectivity index (χ1v) is 20.2. The number of unbranched alkanes of at least 4 members (excludes halogenated alkanes) is 2. The molecule has 4 heteroatoms. The van der Waals surface area contributed by atoms with Gasteiger partial charge in [0, 0.05) is 6.07 Å². The number of hydrogen-bond acceptors (Lipinski definition) is 2. The highest BCUT2D eigenvalue weighted by Crippen LogP contribution is 2.31. The second kappa shape index (κ2) is 15.0. The van der Waals surface area contributed by atoms with Crippen LogP contribution in [0.2, 0.25) is 12.1 Å². The molecule has 0 fully saturated rings. The molecule has 0 saturated carbocycles. The van der Waals surface area contributed by atoms with Crippen LogP contribution in [0.25, 0.3) is 6.08 Å². The molecule has 0 spiro atoms. The molecule has 0 amide bonds. The minimum absolute atomic E-state index is 0.840. The van der Waals surface area contributed by atoms with E-state index in [4.69, 9.17) is 8.85 Å². The van der Waals surface area contributed by atoms with E-state index in [1.54, 1.807) is 0 Å². The molecule has 0 saturated heterocycles. The van der Waals surface area contributed by atoms with Crippen molar-refractivity contribution in [2.45, 2.75) is 51.6 Å². The molecule has 0 aliphatic heterocycles. The first-order valence-electron chi connectivity index (χ1n) is 16.0. The van der Waals surface area contributed by atoms with Crippen LogP contribution >= 0.6 is 0 Å². The fourth-order valence-corrected chi connectivity index (χ4v) is 14.3. The number of benzene rings is 5. The van der Waals surface area contributed by atoms with Crippen molar-refractivity contribution in [1.82, 2.24) is 0 Å². The maximum atomic E-state index is 7.39. The molecule has 0 aliphatic carbocycles. The van der Waals surface area contributed by atoms with E-state index in [1.165, 1.54) is 20.7 Å². The van der Waals surface area contributed by atoms with Crippen molar-refractivity contribution in [2.75, 3.05) is 0 Å². The lowest BCUT2D eigenvalue weighted by molar-refractivity contribution is 0.532. The average Bonchev–Trinajstić information content (AvgIpc) is 3.10. The third kappa shape index (κ3) is 6.98. The van der Waals surface area contributed by atoms with E-state index < -0.39 is 16.6 Å². The largest absolute Gasteiger partial charge is 0.534 e. The van der Waals surface area contributed by atoms with Gasteiger partial charge in [-0.2, -0.15) is 0 Å². The van der Waals surface area contributed by atoms with Gasteiger partial charge < -0.3 is 8.85 Å². The van der Waals surface area contributed by atoms with E-state index in [0.717, 1.165) is 54.8 Å². The normalized spacial score (nSPS) is 11.6. The minimum Gasteiger partial charge on any atom is -0.534 e. The topological polar surface area (TPSA) is 18.5 Å². The molecule has 2 nitrogen and oxygen atoms in total. The molecule has 0 unspecified atom stereocenters. The van der Waals surface area contributed by atoms with E-state index in [-0.39, 0.29) is 0 Å². The summed E-state index contributed by atoms with van der Waals surface area (Å²) < 4.78 is 14.8. The molecule has 5 aromatic rings. The Morgan fingerprint density at radius 2 is 0.818 bits per heavy atom. The Kier molecular flexibility index (Phi) is 10.7. The Morgan fingerprint density at radius 1 is 0.500 bits per heavy atom. The SMILES string of the molecule is C=Cc1cc(O[Si](CCCC)(c2ccccc2)c2ccccc2)cc(O[Si](CCCC)(c2ccccc2)c2ccccc2)c1. The number of rotatable bonds is 15. The van der Waals surface area contributed by atoms with Crippen LogP contribution in [0.4, 0.5) is 0 Å². The van der Waals surface area contributed by atoms with Crippen LogP contribution in [-0.2, 0) is 0 Å². The third-order valence-corrected chi connectivity index (χ3v) is 16.8. The summed E-state index contributed by atoms with van der Waals surface area (Å²) in [6.45, 7) is 8.66. The number of hydrogen-bond donors (Lipinski definition) is 0. The van der Waals surface area contributed by atoms with Crippen LogP contribution in [0.1, 0.15) is 45.1 Å². The van der Waals surface area contributed by atoms with Crippen LogP contribution in [0, 0.1) is 0 Å². The van der Waals surface area contributed by atoms with E-state index in [0.29, 0.717) is 0 Å². The van der Waals surface area contributed by atoms with Crippen LogP contribution in [0.15, 0.2) is 146 Å². The highest BCUT2D eigenvalue weighted by molar-refractivity contribution is 6.98. The Morgan fingerprint density at radius 3 is 1.09 bits per heavy atom. The fourth-order valence-electron chi connectivity index (χ4n) is 6.16.